The maximum atomic E-state index is 11.5. The van der Waals surface area contributed by atoms with Crippen molar-refractivity contribution in [3.63, 3.8) is 0 Å². The van der Waals surface area contributed by atoms with Gasteiger partial charge in [0.1, 0.15) is 0 Å². The second-order valence-corrected chi connectivity index (χ2v) is 7.84. The Morgan fingerprint density at radius 2 is 1.79 bits per heavy atom. The monoisotopic (exact) mass is 338 g/mol. The van der Waals surface area contributed by atoms with E-state index < -0.39 is 0 Å². The third-order valence-corrected chi connectivity index (χ3v) is 6.00. The van der Waals surface area contributed by atoms with Crippen LogP contribution in [-0.4, -0.2) is 18.8 Å². The third kappa shape index (κ3) is 3.27. The van der Waals surface area contributed by atoms with Crippen LogP contribution < -0.4 is 0 Å². The van der Waals surface area contributed by atoms with E-state index in [0.29, 0.717) is 5.56 Å². The van der Waals surface area contributed by atoms with Crippen LogP contribution >= 0.6 is 11.8 Å². The van der Waals surface area contributed by atoms with Crippen LogP contribution in [0.15, 0.2) is 47.4 Å². The molecule has 0 fully saturated rings. The molecule has 2 aromatic carbocycles. The Bertz CT molecular complexity index is 801. The smallest absolute Gasteiger partial charge is 0.337 e. The number of methoxy groups -OCH3 is 1. The molecule has 124 valence electrons. The molecule has 2 nitrogen and oxygen atoms in total. The lowest BCUT2D eigenvalue weighted by molar-refractivity contribution is 0.0600. The van der Waals surface area contributed by atoms with Crippen LogP contribution in [0.5, 0.6) is 0 Å². The molecule has 0 bridgehead atoms. The van der Waals surface area contributed by atoms with Gasteiger partial charge in [-0.3, -0.25) is 0 Å². The van der Waals surface area contributed by atoms with E-state index in [4.69, 9.17) is 4.74 Å². The second-order valence-electron chi connectivity index (χ2n) is 6.82. The van der Waals surface area contributed by atoms with Gasteiger partial charge in [-0.2, -0.15) is 0 Å². The average Bonchev–Trinajstić information content (AvgIpc) is 2.89. The summed E-state index contributed by atoms with van der Waals surface area (Å²) >= 11 is 1.94. The zero-order chi connectivity index (χ0) is 17.3. The molecule has 0 saturated heterocycles. The summed E-state index contributed by atoms with van der Waals surface area (Å²) in [5.74, 6) is 0.837. The predicted molar refractivity (Wildman–Crippen MR) is 102 cm³/mol. The van der Waals surface area contributed by atoms with Crippen molar-refractivity contribution in [2.75, 3.05) is 12.9 Å². The van der Waals surface area contributed by atoms with E-state index >= 15 is 0 Å². The van der Waals surface area contributed by atoms with E-state index in [2.05, 4.69) is 45.0 Å². The molecule has 1 aliphatic heterocycles. The van der Waals surface area contributed by atoms with Crippen LogP contribution in [0.2, 0.25) is 0 Å². The van der Waals surface area contributed by atoms with Crippen LogP contribution in [-0.2, 0) is 10.2 Å². The summed E-state index contributed by atoms with van der Waals surface area (Å²) in [5.41, 5.74) is 5.80. The Kier molecular flexibility index (Phi) is 4.55. The first kappa shape index (κ1) is 16.8. The quantitative estimate of drug-likeness (QED) is 0.552. The molecule has 24 heavy (non-hydrogen) atoms. The summed E-state index contributed by atoms with van der Waals surface area (Å²) in [6.45, 7) is 6.74. The van der Waals surface area contributed by atoms with Gasteiger partial charge in [0.05, 0.1) is 12.7 Å². The lowest BCUT2D eigenvalue weighted by Gasteiger charge is -2.18. The lowest BCUT2D eigenvalue weighted by Crippen LogP contribution is -2.15. The maximum Gasteiger partial charge on any atom is 0.337 e. The van der Waals surface area contributed by atoms with Crippen LogP contribution in [0, 0.1) is 0 Å². The van der Waals surface area contributed by atoms with Crippen molar-refractivity contribution in [2.24, 2.45) is 0 Å². The van der Waals surface area contributed by atoms with Gasteiger partial charge in [-0.15, -0.1) is 11.8 Å². The SMILES string of the molecule is COC(=O)c1ccc(/C=C(\C)c2ccc3c(c2)C(C)(C)CS3)cc1. The van der Waals surface area contributed by atoms with Crippen molar-refractivity contribution in [3.05, 3.63) is 64.7 Å². The van der Waals surface area contributed by atoms with Gasteiger partial charge in [-0.25, -0.2) is 4.79 Å². The second kappa shape index (κ2) is 6.48. The summed E-state index contributed by atoms with van der Waals surface area (Å²) in [5, 5.41) is 0. The summed E-state index contributed by atoms with van der Waals surface area (Å²) < 4.78 is 4.73. The topological polar surface area (TPSA) is 26.3 Å². The van der Waals surface area contributed by atoms with Crippen LogP contribution in [0.1, 0.15) is 47.8 Å². The number of allylic oxidation sites excluding steroid dienone is 1. The number of carbonyl (C=O) groups excluding carboxylic acids is 1. The van der Waals surface area contributed by atoms with E-state index in [9.17, 15) is 4.79 Å². The molecule has 0 saturated carbocycles. The molecule has 0 aliphatic carbocycles. The first-order chi connectivity index (χ1) is 11.4. The molecule has 0 unspecified atom stereocenters. The Morgan fingerprint density at radius 3 is 2.46 bits per heavy atom. The molecule has 1 heterocycles. The molecule has 1 aliphatic rings. The first-order valence-electron chi connectivity index (χ1n) is 8.05. The van der Waals surface area contributed by atoms with E-state index in [1.54, 1.807) is 12.1 Å². The number of rotatable bonds is 3. The van der Waals surface area contributed by atoms with E-state index in [1.165, 1.54) is 28.7 Å². The van der Waals surface area contributed by atoms with Crippen molar-refractivity contribution in [1.82, 2.24) is 0 Å². The van der Waals surface area contributed by atoms with Gasteiger partial charge < -0.3 is 4.74 Å². The van der Waals surface area contributed by atoms with E-state index in [-0.39, 0.29) is 11.4 Å². The molecule has 0 spiro atoms. The molecule has 0 amide bonds. The van der Waals surface area contributed by atoms with Crippen LogP contribution in [0.3, 0.4) is 0 Å². The van der Waals surface area contributed by atoms with Gasteiger partial charge in [-0.1, -0.05) is 38.1 Å². The fourth-order valence-corrected chi connectivity index (χ4v) is 4.26. The van der Waals surface area contributed by atoms with E-state index in [1.807, 2.05) is 23.9 Å². The van der Waals surface area contributed by atoms with Gasteiger partial charge in [0.25, 0.3) is 0 Å². The fraction of sp³-hybridized carbons (Fsp3) is 0.286. The highest BCUT2D eigenvalue weighted by molar-refractivity contribution is 7.99. The molecule has 2 aromatic rings. The molecular weight excluding hydrogens is 316 g/mol. The van der Waals surface area contributed by atoms with E-state index in [0.717, 1.165) is 11.3 Å². The van der Waals surface area contributed by atoms with Crippen LogP contribution in [0.25, 0.3) is 11.6 Å². The molecule has 3 heteroatoms. The highest BCUT2D eigenvalue weighted by atomic mass is 32.2. The zero-order valence-electron chi connectivity index (χ0n) is 14.6. The van der Waals surface area contributed by atoms with Crippen LogP contribution in [0.4, 0.5) is 0 Å². The Labute approximate surface area is 147 Å². The highest BCUT2D eigenvalue weighted by Gasteiger charge is 2.30. The number of ether oxygens (including phenoxy) is 1. The summed E-state index contributed by atoms with van der Waals surface area (Å²) in [6, 6.07) is 14.3. The van der Waals surface area contributed by atoms with Crippen molar-refractivity contribution >= 4 is 29.4 Å². The normalized spacial score (nSPS) is 15.9. The number of fused-ring (bicyclic) bond motifs is 1. The van der Waals surface area contributed by atoms with Crippen molar-refractivity contribution in [2.45, 2.75) is 31.1 Å². The van der Waals surface area contributed by atoms with Gasteiger partial charge in [0.15, 0.2) is 0 Å². The molecule has 0 N–H and O–H groups in total. The minimum Gasteiger partial charge on any atom is -0.465 e. The summed E-state index contributed by atoms with van der Waals surface area (Å²) in [4.78, 5) is 12.9. The number of esters is 1. The third-order valence-electron chi connectivity index (χ3n) is 4.47. The number of benzene rings is 2. The van der Waals surface area contributed by atoms with Gasteiger partial charge in [0.2, 0.25) is 0 Å². The zero-order valence-corrected chi connectivity index (χ0v) is 15.4. The maximum absolute atomic E-state index is 11.5. The predicted octanol–water partition coefficient (Wildman–Crippen LogP) is 5.42. The van der Waals surface area contributed by atoms with Gasteiger partial charge in [0, 0.05) is 16.1 Å². The Balaban J connectivity index is 1.88. The Hall–Kier alpha value is -2.00. The molecular formula is C21H22O2S. The number of hydrogen-bond donors (Lipinski definition) is 0. The standard InChI is InChI=1S/C21H22O2S/c1-14(11-15-5-7-16(8-6-15)20(22)23-4)17-9-10-19-18(12-17)21(2,3)13-24-19/h5-12H,13H2,1-4H3/b14-11+. The number of thioether (sulfide) groups is 1. The van der Waals surface area contributed by atoms with Crippen molar-refractivity contribution in [1.29, 1.82) is 0 Å². The van der Waals surface area contributed by atoms with Crippen molar-refractivity contribution < 1.29 is 9.53 Å². The Morgan fingerprint density at radius 1 is 1.12 bits per heavy atom. The summed E-state index contributed by atoms with van der Waals surface area (Å²) in [6.07, 6.45) is 2.15. The van der Waals surface area contributed by atoms with Gasteiger partial charge in [-0.05, 0) is 53.5 Å². The summed E-state index contributed by atoms with van der Waals surface area (Å²) in [7, 11) is 1.40. The molecule has 3 rings (SSSR count). The largest absolute Gasteiger partial charge is 0.465 e. The average molecular weight is 338 g/mol. The molecule has 0 aromatic heterocycles. The number of hydrogen-bond acceptors (Lipinski definition) is 3. The fourth-order valence-electron chi connectivity index (χ4n) is 2.93. The highest BCUT2D eigenvalue weighted by Crippen LogP contribution is 2.44. The minimum atomic E-state index is -0.305. The molecule has 0 atom stereocenters. The minimum absolute atomic E-state index is 0.235. The van der Waals surface area contributed by atoms with Crippen molar-refractivity contribution in [3.8, 4) is 0 Å². The lowest BCUT2D eigenvalue weighted by atomic mass is 9.85. The first-order valence-corrected chi connectivity index (χ1v) is 9.04. The number of carbonyl (C=O) groups is 1. The molecule has 0 radical (unpaired) electrons. The van der Waals surface area contributed by atoms with Gasteiger partial charge >= 0.3 is 5.97 Å².